The minimum absolute atomic E-state index is 0.0651. The quantitative estimate of drug-likeness (QED) is 0.802. The zero-order chi connectivity index (χ0) is 19.5. The fourth-order valence-corrected chi connectivity index (χ4v) is 4.07. The number of hydrogen-bond acceptors (Lipinski definition) is 4. The van der Waals surface area contributed by atoms with Gasteiger partial charge in [-0.05, 0) is 37.0 Å². The fraction of sp³-hybridized carbons (Fsp3) is 0.471. The topological polar surface area (TPSA) is 73.2 Å². The van der Waals surface area contributed by atoms with Gasteiger partial charge in [0, 0.05) is 12.8 Å². The van der Waals surface area contributed by atoms with E-state index < -0.39 is 27.5 Å². The molecule has 0 aliphatic carbocycles. The van der Waals surface area contributed by atoms with Gasteiger partial charge in [-0.15, -0.1) is 0 Å². The zero-order valence-electron chi connectivity index (χ0n) is 14.4. The molecule has 1 fully saturated rings. The van der Waals surface area contributed by atoms with E-state index in [1.54, 1.807) is 10.9 Å². The molecule has 1 aliphatic rings. The maximum Gasteiger partial charge on any atom is 0.416 e. The SMILES string of the molecule is O=S(=O)(Cc1ccc(C(F)(F)F)cc1)Nc1cnn(CC2CCCCO2)c1. The van der Waals surface area contributed by atoms with Crippen molar-refractivity contribution in [3.63, 3.8) is 0 Å². The van der Waals surface area contributed by atoms with Crippen LogP contribution in [0.15, 0.2) is 36.7 Å². The number of halogens is 3. The van der Waals surface area contributed by atoms with E-state index in [0.29, 0.717) is 12.2 Å². The van der Waals surface area contributed by atoms with Crippen LogP contribution in [0.4, 0.5) is 18.9 Å². The molecule has 1 saturated heterocycles. The summed E-state index contributed by atoms with van der Waals surface area (Å²) in [6.45, 7) is 1.26. The van der Waals surface area contributed by atoms with Crippen LogP contribution in [0, 0.1) is 0 Å². The van der Waals surface area contributed by atoms with E-state index in [1.807, 2.05) is 0 Å². The van der Waals surface area contributed by atoms with Crippen LogP contribution in [0.25, 0.3) is 0 Å². The Labute approximate surface area is 155 Å². The molecule has 148 valence electrons. The lowest BCUT2D eigenvalue weighted by Crippen LogP contribution is -2.24. The molecule has 0 spiro atoms. The number of benzene rings is 1. The van der Waals surface area contributed by atoms with Gasteiger partial charge in [0.2, 0.25) is 10.0 Å². The van der Waals surface area contributed by atoms with Gasteiger partial charge >= 0.3 is 6.18 Å². The summed E-state index contributed by atoms with van der Waals surface area (Å²) in [5, 5.41) is 4.12. The second kappa shape index (κ2) is 7.89. The van der Waals surface area contributed by atoms with E-state index in [0.717, 1.165) is 50.1 Å². The van der Waals surface area contributed by atoms with Gasteiger partial charge in [-0.1, -0.05) is 12.1 Å². The van der Waals surface area contributed by atoms with Crippen molar-refractivity contribution in [2.24, 2.45) is 0 Å². The second-order valence-electron chi connectivity index (χ2n) is 6.50. The summed E-state index contributed by atoms with van der Waals surface area (Å²) >= 11 is 0. The van der Waals surface area contributed by atoms with Gasteiger partial charge in [0.25, 0.3) is 0 Å². The molecule has 0 saturated carbocycles. The Morgan fingerprint density at radius 2 is 1.96 bits per heavy atom. The highest BCUT2D eigenvalue weighted by Crippen LogP contribution is 2.29. The summed E-state index contributed by atoms with van der Waals surface area (Å²) < 4.78 is 71.8. The van der Waals surface area contributed by atoms with Gasteiger partial charge in [-0.25, -0.2) is 8.42 Å². The molecule has 1 aromatic carbocycles. The summed E-state index contributed by atoms with van der Waals surface area (Å²) in [5.74, 6) is -0.429. The number of hydrogen-bond donors (Lipinski definition) is 1. The van der Waals surface area contributed by atoms with Crippen LogP contribution in [0.1, 0.15) is 30.4 Å². The molecule has 0 radical (unpaired) electrons. The van der Waals surface area contributed by atoms with Crippen LogP contribution in [0.2, 0.25) is 0 Å². The lowest BCUT2D eigenvalue weighted by molar-refractivity contribution is -0.137. The summed E-state index contributed by atoms with van der Waals surface area (Å²) in [7, 11) is -3.77. The third-order valence-electron chi connectivity index (χ3n) is 4.21. The molecule has 3 rings (SSSR count). The van der Waals surface area contributed by atoms with Crippen molar-refractivity contribution < 1.29 is 26.3 Å². The van der Waals surface area contributed by atoms with Gasteiger partial charge in [0.15, 0.2) is 0 Å². The first kappa shape index (κ1) is 19.7. The third-order valence-corrected chi connectivity index (χ3v) is 5.47. The first-order valence-corrected chi connectivity index (χ1v) is 10.2. The Morgan fingerprint density at radius 3 is 2.59 bits per heavy atom. The lowest BCUT2D eigenvalue weighted by Gasteiger charge is -2.22. The van der Waals surface area contributed by atoms with Crippen molar-refractivity contribution in [1.82, 2.24) is 9.78 Å². The first-order valence-electron chi connectivity index (χ1n) is 8.52. The molecule has 2 heterocycles. The molecular formula is C17H20F3N3O3S. The summed E-state index contributed by atoms with van der Waals surface area (Å²) in [5.41, 5.74) is -0.251. The van der Waals surface area contributed by atoms with Gasteiger partial charge in [-0.2, -0.15) is 18.3 Å². The largest absolute Gasteiger partial charge is 0.416 e. The lowest BCUT2D eigenvalue weighted by atomic mass is 10.1. The number of nitrogens with one attached hydrogen (secondary N) is 1. The maximum atomic E-state index is 12.6. The Bertz CT molecular complexity index is 858. The predicted octanol–water partition coefficient (Wildman–Crippen LogP) is 3.41. The van der Waals surface area contributed by atoms with Crippen LogP contribution in [0.3, 0.4) is 0 Å². The Hall–Kier alpha value is -2.07. The Balaban J connectivity index is 1.59. The van der Waals surface area contributed by atoms with Crippen molar-refractivity contribution in [2.45, 2.75) is 43.8 Å². The molecule has 1 aliphatic heterocycles. The molecule has 2 aromatic rings. The van der Waals surface area contributed by atoms with E-state index in [2.05, 4.69) is 9.82 Å². The molecule has 1 aromatic heterocycles. The van der Waals surface area contributed by atoms with Crippen LogP contribution in [0.5, 0.6) is 0 Å². The number of ether oxygens (including phenoxy) is 1. The number of sulfonamides is 1. The standard InChI is InChI=1S/C17H20F3N3O3S/c18-17(19,20)14-6-4-13(5-7-14)12-27(24,25)22-15-9-21-23(10-15)11-16-3-1-2-8-26-16/h4-7,9-10,16,22H,1-3,8,11-12H2. The minimum Gasteiger partial charge on any atom is -0.376 e. The molecular weight excluding hydrogens is 383 g/mol. The van der Waals surface area contributed by atoms with E-state index in [4.69, 9.17) is 4.74 Å². The smallest absolute Gasteiger partial charge is 0.376 e. The molecule has 10 heteroatoms. The molecule has 27 heavy (non-hydrogen) atoms. The monoisotopic (exact) mass is 403 g/mol. The van der Waals surface area contributed by atoms with Gasteiger partial charge in [-0.3, -0.25) is 9.40 Å². The highest BCUT2D eigenvalue weighted by molar-refractivity contribution is 7.91. The molecule has 0 amide bonds. The molecule has 1 atom stereocenters. The maximum absolute atomic E-state index is 12.6. The normalized spacial score (nSPS) is 18.4. The molecule has 1 N–H and O–H groups in total. The van der Waals surface area contributed by atoms with E-state index in [9.17, 15) is 21.6 Å². The van der Waals surface area contributed by atoms with E-state index in [1.165, 1.54) is 6.20 Å². The second-order valence-corrected chi connectivity index (χ2v) is 8.22. The minimum atomic E-state index is -4.45. The number of aromatic nitrogens is 2. The van der Waals surface area contributed by atoms with Crippen LogP contribution in [-0.4, -0.2) is 30.9 Å². The highest BCUT2D eigenvalue weighted by Gasteiger charge is 2.30. The molecule has 1 unspecified atom stereocenters. The van der Waals surface area contributed by atoms with Crippen molar-refractivity contribution in [1.29, 1.82) is 0 Å². The van der Waals surface area contributed by atoms with Crippen LogP contribution < -0.4 is 4.72 Å². The molecule has 6 nitrogen and oxygen atoms in total. The van der Waals surface area contributed by atoms with Crippen molar-refractivity contribution in [3.05, 3.63) is 47.8 Å². The average Bonchev–Trinajstić information content (AvgIpc) is 3.01. The third kappa shape index (κ3) is 5.70. The van der Waals surface area contributed by atoms with Crippen molar-refractivity contribution in [3.8, 4) is 0 Å². The fourth-order valence-electron chi connectivity index (χ4n) is 2.90. The molecule has 0 bridgehead atoms. The summed E-state index contributed by atoms with van der Waals surface area (Å²) in [6, 6.07) is 4.05. The van der Waals surface area contributed by atoms with Crippen molar-refractivity contribution in [2.75, 3.05) is 11.3 Å². The zero-order valence-corrected chi connectivity index (χ0v) is 15.3. The average molecular weight is 403 g/mol. The van der Waals surface area contributed by atoms with Crippen LogP contribution in [-0.2, 0) is 33.2 Å². The predicted molar refractivity (Wildman–Crippen MR) is 93.5 cm³/mol. The Morgan fingerprint density at radius 1 is 1.22 bits per heavy atom. The summed E-state index contributed by atoms with van der Waals surface area (Å²) in [6.07, 6.45) is 1.66. The van der Waals surface area contributed by atoms with E-state index >= 15 is 0 Å². The van der Waals surface area contributed by atoms with Crippen LogP contribution >= 0.6 is 0 Å². The number of alkyl halides is 3. The van der Waals surface area contributed by atoms with Gasteiger partial charge in [0.1, 0.15) is 0 Å². The van der Waals surface area contributed by atoms with Gasteiger partial charge in [0.05, 0.1) is 35.8 Å². The number of rotatable bonds is 6. The number of anilines is 1. The van der Waals surface area contributed by atoms with Gasteiger partial charge < -0.3 is 4.74 Å². The van der Waals surface area contributed by atoms with Crippen molar-refractivity contribution >= 4 is 15.7 Å². The summed E-state index contributed by atoms with van der Waals surface area (Å²) in [4.78, 5) is 0. The highest BCUT2D eigenvalue weighted by atomic mass is 32.2. The Kier molecular flexibility index (Phi) is 5.75. The first-order chi connectivity index (χ1) is 12.7. The number of nitrogens with zero attached hydrogens (tertiary/aromatic N) is 2. The van der Waals surface area contributed by atoms with E-state index in [-0.39, 0.29) is 11.7 Å².